The molecule has 0 aliphatic heterocycles. The lowest BCUT2D eigenvalue weighted by Gasteiger charge is -2.17. The number of hydrogen-bond acceptors (Lipinski definition) is 5. The highest BCUT2D eigenvalue weighted by atomic mass is 32.1. The molecule has 0 N–H and O–H groups in total. The van der Waals surface area contributed by atoms with Crippen molar-refractivity contribution in [3.05, 3.63) is 50.9 Å². The van der Waals surface area contributed by atoms with E-state index in [0.29, 0.717) is 12.5 Å². The van der Waals surface area contributed by atoms with Gasteiger partial charge >= 0.3 is 0 Å². The Morgan fingerprint density at radius 2 is 2.15 bits per heavy atom. The van der Waals surface area contributed by atoms with E-state index in [0.717, 1.165) is 46.5 Å². The molecule has 136 valence electrons. The first-order chi connectivity index (χ1) is 12.6. The Balaban J connectivity index is 1.79. The summed E-state index contributed by atoms with van der Waals surface area (Å²) in [5.74, 6) is 2.16. The highest BCUT2D eigenvalue weighted by Crippen LogP contribution is 2.35. The zero-order valence-electron chi connectivity index (χ0n) is 15.2. The van der Waals surface area contributed by atoms with Crippen molar-refractivity contribution in [2.45, 2.75) is 32.7 Å². The maximum atomic E-state index is 13.2. The number of rotatable bonds is 4. The Morgan fingerprint density at radius 3 is 2.92 bits per heavy atom. The number of benzene rings is 1. The van der Waals surface area contributed by atoms with Crippen molar-refractivity contribution in [2.24, 2.45) is 5.92 Å². The lowest BCUT2D eigenvalue weighted by Crippen LogP contribution is -2.22. The van der Waals surface area contributed by atoms with Gasteiger partial charge in [-0.25, -0.2) is 4.98 Å². The number of nitrogens with zero attached hydrogens (tertiary/aromatic N) is 2. The summed E-state index contributed by atoms with van der Waals surface area (Å²) in [6.45, 7) is 2.68. The third-order valence-electron chi connectivity index (χ3n) is 5.11. The monoisotopic (exact) mass is 370 g/mol. The number of ether oxygens (including phenoxy) is 2. The van der Waals surface area contributed by atoms with Gasteiger partial charge in [-0.3, -0.25) is 9.36 Å². The van der Waals surface area contributed by atoms with Crippen LogP contribution >= 0.6 is 11.3 Å². The van der Waals surface area contributed by atoms with Gasteiger partial charge in [-0.05, 0) is 48.9 Å². The van der Waals surface area contributed by atoms with E-state index in [1.807, 2.05) is 18.2 Å². The first kappa shape index (κ1) is 17.1. The molecule has 0 saturated carbocycles. The van der Waals surface area contributed by atoms with E-state index in [2.05, 4.69) is 11.9 Å². The minimum absolute atomic E-state index is 0.0342. The quantitative estimate of drug-likeness (QED) is 0.703. The van der Waals surface area contributed by atoms with Crippen LogP contribution in [0.3, 0.4) is 0 Å². The summed E-state index contributed by atoms with van der Waals surface area (Å²) in [4.78, 5) is 19.9. The van der Waals surface area contributed by atoms with Gasteiger partial charge < -0.3 is 9.47 Å². The van der Waals surface area contributed by atoms with Crippen LogP contribution in [0.5, 0.6) is 11.5 Å². The van der Waals surface area contributed by atoms with Crippen molar-refractivity contribution in [1.29, 1.82) is 0 Å². The van der Waals surface area contributed by atoms with Crippen LogP contribution in [0.15, 0.2) is 29.3 Å². The van der Waals surface area contributed by atoms with Crippen molar-refractivity contribution < 1.29 is 9.47 Å². The molecule has 1 atom stereocenters. The molecule has 4 rings (SSSR count). The first-order valence-electron chi connectivity index (χ1n) is 8.81. The molecule has 0 unspecified atom stereocenters. The Kier molecular flexibility index (Phi) is 4.44. The number of aryl methyl sites for hydroxylation is 1. The molecule has 1 aromatic carbocycles. The second-order valence-corrected chi connectivity index (χ2v) is 7.97. The average molecular weight is 370 g/mol. The number of aromatic nitrogens is 2. The fourth-order valence-corrected chi connectivity index (χ4v) is 5.01. The van der Waals surface area contributed by atoms with Crippen molar-refractivity contribution in [1.82, 2.24) is 9.55 Å². The second-order valence-electron chi connectivity index (χ2n) is 6.89. The second kappa shape index (κ2) is 6.76. The van der Waals surface area contributed by atoms with Gasteiger partial charge in [-0.1, -0.05) is 6.92 Å². The average Bonchev–Trinajstić information content (AvgIpc) is 3.02. The minimum Gasteiger partial charge on any atom is -0.497 e. The minimum atomic E-state index is 0.0342. The largest absolute Gasteiger partial charge is 0.497 e. The Bertz CT molecular complexity index is 1020. The van der Waals surface area contributed by atoms with Gasteiger partial charge in [-0.15, -0.1) is 11.3 Å². The van der Waals surface area contributed by atoms with E-state index in [9.17, 15) is 4.79 Å². The van der Waals surface area contributed by atoms with E-state index in [1.54, 1.807) is 36.5 Å². The maximum absolute atomic E-state index is 13.2. The number of thiophene rings is 1. The molecule has 0 bridgehead atoms. The molecule has 0 fully saturated rings. The molecule has 0 radical (unpaired) electrons. The molecular weight excluding hydrogens is 348 g/mol. The first-order valence-corrected chi connectivity index (χ1v) is 9.63. The summed E-state index contributed by atoms with van der Waals surface area (Å²) in [5.41, 5.74) is 2.15. The standard InChI is InChI=1S/C20H22N2O3S/c1-12-4-6-15-17(8-12)26-19-18(15)20(23)22(11-21-19)10-13-9-14(24-2)5-7-16(13)25-3/h5,7,9,11-12H,4,6,8,10H2,1-3H3/t12-/m0/s1. The topological polar surface area (TPSA) is 53.4 Å². The molecule has 5 nitrogen and oxygen atoms in total. The summed E-state index contributed by atoms with van der Waals surface area (Å²) in [7, 11) is 3.26. The fraction of sp³-hybridized carbons (Fsp3) is 0.400. The van der Waals surface area contributed by atoms with Crippen LogP contribution in [0.25, 0.3) is 10.2 Å². The van der Waals surface area contributed by atoms with Crippen LogP contribution < -0.4 is 15.0 Å². The van der Waals surface area contributed by atoms with Gasteiger partial charge in [0.15, 0.2) is 0 Å². The Labute approximate surface area is 156 Å². The Hall–Kier alpha value is -2.34. The van der Waals surface area contributed by atoms with Crippen molar-refractivity contribution in [3.8, 4) is 11.5 Å². The van der Waals surface area contributed by atoms with Crippen LogP contribution in [-0.2, 0) is 19.4 Å². The Morgan fingerprint density at radius 1 is 1.31 bits per heavy atom. The predicted octanol–water partition coefficient (Wildman–Crippen LogP) is 3.65. The summed E-state index contributed by atoms with van der Waals surface area (Å²) in [6.07, 6.45) is 4.81. The van der Waals surface area contributed by atoms with Crippen LogP contribution in [0.2, 0.25) is 0 Å². The molecule has 2 heterocycles. The van der Waals surface area contributed by atoms with E-state index < -0.39 is 0 Å². The molecule has 0 spiro atoms. The van der Waals surface area contributed by atoms with Gasteiger partial charge in [0.1, 0.15) is 16.3 Å². The normalized spacial score (nSPS) is 16.5. The van der Waals surface area contributed by atoms with Gasteiger partial charge in [0.05, 0.1) is 32.5 Å². The maximum Gasteiger partial charge on any atom is 0.262 e. The highest BCUT2D eigenvalue weighted by Gasteiger charge is 2.23. The molecule has 3 aromatic rings. The third kappa shape index (κ3) is 2.88. The van der Waals surface area contributed by atoms with Crippen LogP contribution in [0, 0.1) is 5.92 Å². The zero-order valence-corrected chi connectivity index (χ0v) is 16.1. The molecule has 6 heteroatoms. The summed E-state index contributed by atoms with van der Waals surface area (Å²) in [5, 5.41) is 0.807. The SMILES string of the molecule is COc1ccc(OC)c(Cn2cnc3sc4c(c3c2=O)CC[C@H](C)C4)c1. The molecule has 1 aliphatic rings. The molecule has 26 heavy (non-hydrogen) atoms. The van der Waals surface area contributed by atoms with Crippen molar-refractivity contribution >= 4 is 21.6 Å². The molecule has 0 saturated heterocycles. The molecule has 0 amide bonds. The van der Waals surface area contributed by atoms with Gasteiger partial charge in [0.2, 0.25) is 0 Å². The lowest BCUT2D eigenvalue weighted by atomic mass is 9.89. The summed E-state index contributed by atoms with van der Waals surface area (Å²) < 4.78 is 12.4. The van der Waals surface area contributed by atoms with E-state index >= 15 is 0 Å². The van der Waals surface area contributed by atoms with Gasteiger partial charge in [0.25, 0.3) is 5.56 Å². The van der Waals surface area contributed by atoms with Crippen LogP contribution in [0.4, 0.5) is 0 Å². The van der Waals surface area contributed by atoms with Crippen LogP contribution in [0.1, 0.15) is 29.3 Å². The zero-order chi connectivity index (χ0) is 18.3. The van der Waals surface area contributed by atoms with E-state index in [4.69, 9.17) is 9.47 Å². The summed E-state index contributed by atoms with van der Waals surface area (Å²) in [6, 6.07) is 5.61. The van der Waals surface area contributed by atoms with E-state index in [-0.39, 0.29) is 5.56 Å². The fourth-order valence-electron chi connectivity index (χ4n) is 3.67. The number of hydrogen-bond donors (Lipinski definition) is 0. The lowest BCUT2D eigenvalue weighted by molar-refractivity contribution is 0.397. The molecular formula is C20H22N2O3S. The third-order valence-corrected chi connectivity index (χ3v) is 6.27. The molecule has 2 aromatic heterocycles. The van der Waals surface area contributed by atoms with Crippen molar-refractivity contribution in [3.63, 3.8) is 0 Å². The number of fused-ring (bicyclic) bond motifs is 3. The van der Waals surface area contributed by atoms with E-state index in [1.165, 1.54) is 10.4 Å². The number of methoxy groups -OCH3 is 2. The van der Waals surface area contributed by atoms with Gasteiger partial charge in [-0.2, -0.15) is 0 Å². The van der Waals surface area contributed by atoms with Gasteiger partial charge in [0, 0.05) is 10.4 Å². The predicted molar refractivity (Wildman–Crippen MR) is 104 cm³/mol. The molecule has 1 aliphatic carbocycles. The van der Waals surface area contributed by atoms with Crippen LogP contribution in [-0.4, -0.2) is 23.8 Å². The smallest absolute Gasteiger partial charge is 0.262 e. The van der Waals surface area contributed by atoms with Crippen molar-refractivity contribution in [2.75, 3.05) is 14.2 Å². The summed E-state index contributed by atoms with van der Waals surface area (Å²) >= 11 is 1.68. The highest BCUT2D eigenvalue weighted by molar-refractivity contribution is 7.18.